The van der Waals surface area contributed by atoms with Gasteiger partial charge in [0, 0.05) is 23.2 Å². The molecule has 0 unspecified atom stereocenters. The first-order chi connectivity index (χ1) is 13.9. The number of hydrogen-bond donors (Lipinski definition) is 1. The van der Waals surface area contributed by atoms with Crippen LogP contribution in [-0.4, -0.2) is 18.9 Å². The minimum Gasteiger partial charge on any atom is -0.309 e. The van der Waals surface area contributed by atoms with Crippen LogP contribution in [0.4, 0.5) is 5.69 Å². The summed E-state index contributed by atoms with van der Waals surface area (Å²) >= 11 is 11.9. The second-order valence-corrected chi connectivity index (χ2v) is 8.98. The van der Waals surface area contributed by atoms with E-state index in [1.54, 1.807) is 36.4 Å². The van der Waals surface area contributed by atoms with Crippen molar-refractivity contribution in [1.29, 1.82) is 0 Å². The lowest BCUT2D eigenvalue weighted by molar-refractivity contribution is 0.601. The van der Waals surface area contributed by atoms with Crippen LogP contribution in [0.1, 0.15) is 17.5 Å². The van der Waals surface area contributed by atoms with Crippen molar-refractivity contribution in [3.05, 3.63) is 93.4 Å². The number of aromatic nitrogens is 1. The Morgan fingerprint density at radius 1 is 0.966 bits per heavy atom. The smallest absolute Gasteiger partial charge is 0.261 e. The van der Waals surface area contributed by atoms with Crippen LogP contribution in [0.2, 0.25) is 5.02 Å². The Hall–Kier alpha value is -2.28. The van der Waals surface area contributed by atoms with Crippen LogP contribution < -0.4 is 10.3 Å². The summed E-state index contributed by atoms with van der Waals surface area (Å²) < 4.78 is 29.3. The fraction of sp³-hybridized carbons (Fsp3) is 0.190. The van der Waals surface area contributed by atoms with Crippen molar-refractivity contribution in [1.82, 2.24) is 4.57 Å². The summed E-state index contributed by atoms with van der Waals surface area (Å²) in [5, 5.41) is 0.541. The molecule has 0 amide bonds. The molecule has 0 saturated heterocycles. The third-order valence-corrected chi connectivity index (χ3v) is 6.40. The summed E-state index contributed by atoms with van der Waals surface area (Å²) in [4.78, 5) is 12.3. The van der Waals surface area contributed by atoms with Crippen LogP contribution >= 0.6 is 23.2 Å². The summed E-state index contributed by atoms with van der Waals surface area (Å²) in [7, 11) is -3.78. The summed E-state index contributed by atoms with van der Waals surface area (Å²) in [5.41, 5.74) is 1.83. The number of hydrogen-bond acceptors (Lipinski definition) is 3. The molecule has 0 aliphatic rings. The number of anilines is 1. The van der Waals surface area contributed by atoms with E-state index in [1.165, 1.54) is 22.9 Å². The molecule has 0 saturated carbocycles. The number of benzene rings is 2. The lowest BCUT2D eigenvalue weighted by Gasteiger charge is -2.12. The predicted octanol–water partition coefficient (Wildman–Crippen LogP) is 4.52. The molecule has 2 aromatic carbocycles. The predicted molar refractivity (Wildman–Crippen MR) is 118 cm³/mol. The molecule has 1 N–H and O–H groups in total. The number of aryl methyl sites for hydroxylation is 1. The molecular formula is C21H20Cl2N2O3S. The fourth-order valence-corrected chi connectivity index (χ4v) is 4.22. The number of sulfonamides is 1. The fourth-order valence-electron chi connectivity index (χ4n) is 2.85. The van der Waals surface area contributed by atoms with Gasteiger partial charge in [-0.05, 0) is 48.2 Å². The SMILES string of the molecule is O=c1ccc(NS(=O)(=O)c2ccc(CCCCl)cc2)cn1Cc1ccccc1Cl. The van der Waals surface area contributed by atoms with Gasteiger partial charge < -0.3 is 4.57 Å². The topological polar surface area (TPSA) is 68.2 Å². The third kappa shape index (κ3) is 5.63. The maximum absolute atomic E-state index is 12.7. The molecule has 8 heteroatoms. The number of nitrogens with zero attached hydrogens (tertiary/aromatic N) is 1. The van der Waals surface area contributed by atoms with E-state index < -0.39 is 10.0 Å². The van der Waals surface area contributed by atoms with E-state index in [0.29, 0.717) is 16.6 Å². The highest BCUT2D eigenvalue weighted by Crippen LogP contribution is 2.18. The molecule has 0 aliphatic carbocycles. The van der Waals surface area contributed by atoms with Gasteiger partial charge in [-0.3, -0.25) is 9.52 Å². The normalized spacial score (nSPS) is 11.4. The highest BCUT2D eigenvalue weighted by Gasteiger charge is 2.15. The van der Waals surface area contributed by atoms with Crippen LogP contribution in [0.15, 0.2) is 76.6 Å². The van der Waals surface area contributed by atoms with E-state index in [1.807, 2.05) is 12.1 Å². The summed E-state index contributed by atoms with van der Waals surface area (Å²) in [6, 6.07) is 16.6. The molecule has 0 atom stereocenters. The maximum Gasteiger partial charge on any atom is 0.261 e. The van der Waals surface area contributed by atoms with E-state index in [2.05, 4.69) is 4.72 Å². The van der Waals surface area contributed by atoms with Gasteiger partial charge in [-0.15, -0.1) is 11.6 Å². The first-order valence-electron chi connectivity index (χ1n) is 9.01. The van der Waals surface area contributed by atoms with E-state index in [4.69, 9.17) is 23.2 Å². The molecule has 3 aromatic rings. The minimum atomic E-state index is -3.78. The summed E-state index contributed by atoms with van der Waals surface area (Å²) in [6.07, 6.45) is 3.10. The maximum atomic E-state index is 12.7. The Bertz CT molecular complexity index is 1140. The Labute approximate surface area is 180 Å². The molecule has 0 aliphatic heterocycles. The number of alkyl halides is 1. The summed E-state index contributed by atoms with van der Waals surface area (Å²) in [6.45, 7) is 0.239. The zero-order valence-corrected chi connectivity index (χ0v) is 17.8. The molecule has 0 spiro atoms. The van der Waals surface area contributed by atoms with Gasteiger partial charge in [-0.2, -0.15) is 0 Å². The highest BCUT2D eigenvalue weighted by atomic mass is 35.5. The molecular weight excluding hydrogens is 431 g/mol. The average Bonchev–Trinajstić information content (AvgIpc) is 2.70. The zero-order chi connectivity index (χ0) is 20.9. The van der Waals surface area contributed by atoms with Crippen LogP contribution in [0.3, 0.4) is 0 Å². The molecule has 0 bridgehead atoms. The van der Waals surface area contributed by atoms with E-state index in [-0.39, 0.29) is 17.0 Å². The van der Waals surface area contributed by atoms with Crippen LogP contribution in [0.5, 0.6) is 0 Å². The van der Waals surface area contributed by atoms with Crippen LogP contribution in [0, 0.1) is 0 Å². The number of nitrogens with one attached hydrogen (secondary N) is 1. The number of pyridine rings is 1. The monoisotopic (exact) mass is 450 g/mol. The average molecular weight is 451 g/mol. The molecule has 3 rings (SSSR count). The lowest BCUT2D eigenvalue weighted by atomic mass is 10.1. The van der Waals surface area contributed by atoms with Crippen molar-refractivity contribution >= 4 is 38.9 Å². The Balaban J connectivity index is 1.80. The Morgan fingerprint density at radius 2 is 1.69 bits per heavy atom. The number of rotatable bonds is 8. The molecule has 1 heterocycles. The van der Waals surface area contributed by atoms with E-state index >= 15 is 0 Å². The van der Waals surface area contributed by atoms with Crippen molar-refractivity contribution < 1.29 is 8.42 Å². The molecule has 1 aromatic heterocycles. The van der Waals surface area contributed by atoms with E-state index in [0.717, 1.165) is 24.0 Å². The number of halogens is 2. The minimum absolute atomic E-state index is 0.149. The van der Waals surface area contributed by atoms with Gasteiger partial charge in [0.1, 0.15) is 0 Å². The molecule has 0 radical (unpaired) electrons. The first kappa shape index (κ1) is 21.4. The second kappa shape index (κ2) is 9.48. The quantitative estimate of drug-likeness (QED) is 0.512. The zero-order valence-electron chi connectivity index (χ0n) is 15.5. The van der Waals surface area contributed by atoms with Crippen molar-refractivity contribution in [2.75, 3.05) is 10.6 Å². The van der Waals surface area contributed by atoms with Crippen LogP contribution in [-0.2, 0) is 23.0 Å². The Morgan fingerprint density at radius 3 is 2.38 bits per heavy atom. The van der Waals surface area contributed by atoms with Gasteiger partial charge in [0.2, 0.25) is 0 Å². The van der Waals surface area contributed by atoms with Gasteiger partial charge in [0.15, 0.2) is 0 Å². The third-order valence-electron chi connectivity index (χ3n) is 4.37. The largest absolute Gasteiger partial charge is 0.309 e. The van der Waals surface area contributed by atoms with Crippen molar-refractivity contribution in [3.8, 4) is 0 Å². The van der Waals surface area contributed by atoms with Gasteiger partial charge in [-0.25, -0.2) is 8.42 Å². The van der Waals surface area contributed by atoms with Crippen LogP contribution in [0.25, 0.3) is 0 Å². The standard InChI is InChI=1S/C21H20Cl2N2O3S/c22-13-3-4-16-7-10-19(11-8-16)29(27,28)24-18-9-12-21(26)25(15-18)14-17-5-1-2-6-20(17)23/h1-2,5-12,15,24H,3-4,13-14H2. The first-order valence-corrected chi connectivity index (χ1v) is 11.4. The van der Waals surface area contributed by atoms with E-state index in [9.17, 15) is 13.2 Å². The molecule has 29 heavy (non-hydrogen) atoms. The summed E-state index contributed by atoms with van der Waals surface area (Å²) in [5.74, 6) is 0.561. The van der Waals surface area contributed by atoms with Gasteiger partial charge in [0.05, 0.1) is 17.1 Å². The molecule has 0 fully saturated rings. The Kier molecular flexibility index (Phi) is 7.00. The van der Waals surface area contributed by atoms with Gasteiger partial charge in [-0.1, -0.05) is 41.9 Å². The van der Waals surface area contributed by atoms with Crippen molar-refractivity contribution in [2.45, 2.75) is 24.3 Å². The highest BCUT2D eigenvalue weighted by molar-refractivity contribution is 7.92. The van der Waals surface area contributed by atoms with Gasteiger partial charge in [0.25, 0.3) is 15.6 Å². The molecule has 5 nitrogen and oxygen atoms in total. The second-order valence-electron chi connectivity index (χ2n) is 6.52. The molecule has 152 valence electrons. The van der Waals surface area contributed by atoms with Gasteiger partial charge >= 0.3 is 0 Å². The van der Waals surface area contributed by atoms with Crippen molar-refractivity contribution in [2.24, 2.45) is 0 Å². The lowest BCUT2D eigenvalue weighted by Crippen LogP contribution is -2.21. The van der Waals surface area contributed by atoms with Crippen molar-refractivity contribution in [3.63, 3.8) is 0 Å².